The van der Waals surface area contributed by atoms with Crippen LogP contribution in [-0.4, -0.2) is 17.3 Å². The number of methoxy groups -OCH3 is 1. The van der Waals surface area contributed by atoms with Crippen LogP contribution >= 0.6 is 11.6 Å². The molecule has 0 aliphatic heterocycles. The van der Waals surface area contributed by atoms with Crippen LogP contribution in [-0.2, 0) is 4.74 Å². The molecule has 19 heavy (non-hydrogen) atoms. The Morgan fingerprint density at radius 2 is 2.26 bits per heavy atom. The van der Waals surface area contributed by atoms with Gasteiger partial charge in [0.25, 0.3) is 5.89 Å². The monoisotopic (exact) mass is 281 g/mol. The summed E-state index contributed by atoms with van der Waals surface area (Å²) in [5, 5.41) is 4.43. The van der Waals surface area contributed by atoms with Crippen LogP contribution in [0.3, 0.4) is 0 Å². The molecule has 2 aromatic rings. The Hall–Kier alpha value is -1.59. The number of hydrogen-bond acceptors (Lipinski definition) is 5. The topological polar surface area (TPSA) is 74.2 Å². The maximum Gasteiger partial charge on any atom is 0.259 e. The van der Waals surface area contributed by atoms with E-state index in [9.17, 15) is 0 Å². The molecule has 6 heteroatoms. The van der Waals surface area contributed by atoms with Gasteiger partial charge in [-0.05, 0) is 24.6 Å². The Kier molecular flexibility index (Phi) is 4.39. The van der Waals surface area contributed by atoms with E-state index >= 15 is 0 Å². The van der Waals surface area contributed by atoms with Crippen molar-refractivity contribution in [1.82, 2.24) is 10.1 Å². The van der Waals surface area contributed by atoms with Crippen LogP contribution in [0.1, 0.15) is 31.7 Å². The zero-order chi connectivity index (χ0) is 13.8. The highest BCUT2D eigenvalue weighted by atomic mass is 35.5. The fraction of sp³-hybridized carbons (Fsp3) is 0.385. The molecule has 102 valence electrons. The van der Waals surface area contributed by atoms with Gasteiger partial charge in [-0.15, -0.1) is 0 Å². The van der Waals surface area contributed by atoms with Crippen LogP contribution in [0, 0.1) is 0 Å². The SMILES string of the molecule is CCCC(OC)c1noc(-c2ccc(N)cc2Cl)n1. The van der Waals surface area contributed by atoms with E-state index in [1.54, 1.807) is 25.3 Å². The normalized spacial score (nSPS) is 12.6. The third kappa shape index (κ3) is 3.05. The Labute approximate surface area is 116 Å². The molecule has 2 N–H and O–H groups in total. The second-order valence-electron chi connectivity index (χ2n) is 4.21. The van der Waals surface area contributed by atoms with E-state index in [0.29, 0.717) is 28.0 Å². The second-order valence-corrected chi connectivity index (χ2v) is 4.62. The molecule has 1 aromatic carbocycles. The van der Waals surface area contributed by atoms with E-state index in [1.165, 1.54) is 0 Å². The Bertz CT molecular complexity index is 557. The summed E-state index contributed by atoms with van der Waals surface area (Å²) in [6.07, 6.45) is 1.66. The lowest BCUT2D eigenvalue weighted by atomic mass is 10.2. The first-order valence-corrected chi connectivity index (χ1v) is 6.45. The first-order chi connectivity index (χ1) is 9.15. The van der Waals surface area contributed by atoms with E-state index < -0.39 is 0 Å². The molecule has 0 bridgehead atoms. The van der Waals surface area contributed by atoms with E-state index in [-0.39, 0.29) is 6.10 Å². The molecule has 0 fully saturated rings. The highest BCUT2D eigenvalue weighted by Crippen LogP contribution is 2.30. The molecule has 0 saturated heterocycles. The van der Waals surface area contributed by atoms with Crippen LogP contribution < -0.4 is 5.73 Å². The maximum atomic E-state index is 6.11. The Balaban J connectivity index is 2.29. The van der Waals surface area contributed by atoms with Gasteiger partial charge in [-0.1, -0.05) is 30.1 Å². The maximum absolute atomic E-state index is 6.11. The predicted molar refractivity (Wildman–Crippen MR) is 73.8 cm³/mol. The molecule has 0 saturated carbocycles. The zero-order valence-corrected chi connectivity index (χ0v) is 11.6. The number of hydrogen-bond donors (Lipinski definition) is 1. The quantitative estimate of drug-likeness (QED) is 0.850. The zero-order valence-electron chi connectivity index (χ0n) is 10.9. The van der Waals surface area contributed by atoms with E-state index in [2.05, 4.69) is 17.1 Å². The van der Waals surface area contributed by atoms with Crippen LogP contribution in [0.25, 0.3) is 11.5 Å². The standard InChI is InChI=1S/C13H16ClN3O2/c1-3-4-11(18-2)12-16-13(19-17-12)9-6-5-8(15)7-10(9)14/h5-7,11H,3-4,15H2,1-2H3. The van der Waals surface area contributed by atoms with Crippen LogP contribution in [0.2, 0.25) is 5.02 Å². The Morgan fingerprint density at radius 3 is 2.89 bits per heavy atom. The van der Waals surface area contributed by atoms with Gasteiger partial charge < -0.3 is 15.0 Å². The summed E-state index contributed by atoms with van der Waals surface area (Å²) in [6, 6.07) is 5.15. The molecular weight excluding hydrogens is 266 g/mol. The van der Waals surface area contributed by atoms with Crippen molar-refractivity contribution in [3.63, 3.8) is 0 Å². The van der Waals surface area contributed by atoms with Gasteiger partial charge in [-0.3, -0.25) is 0 Å². The van der Waals surface area contributed by atoms with Gasteiger partial charge in [0.2, 0.25) is 5.82 Å². The van der Waals surface area contributed by atoms with Gasteiger partial charge in [0.15, 0.2) is 0 Å². The van der Waals surface area contributed by atoms with Crippen molar-refractivity contribution in [2.45, 2.75) is 25.9 Å². The summed E-state index contributed by atoms with van der Waals surface area (Å²) in [5.41, 5.74) is 6.91. The lowest BCUT2D eigenvalue weighted by Gasteiger charge is -2.08. The lowest BCUT2D eigenvalue weighted by Crippen LogP contribution is -2.03. The van der Waals surface area contributed by atoms with Gasteiger partial charge in [0.1, 0.15) is 6.10 Å². The molecule has 0 aliphatic carbocycles. The molecular formula is C13H16ClN3O2. The third-order valence-corrected chi connectivity index (χ3v) is 3.10. The highest BCUT2D eigenvalue weighted by molar-refractivity contribution is 6.33. The minimum Gasteiger partial charge on any atom is -0.399 e. The molecule has 5 nitrogen and oxygen atoms in total. The smallest absolute Gasteiger partial charge is 0.259 e. The number of halogens is 1. The molecule has 1 aromatic heterocycles. The molecule has 1 atom stereocenters. The number of nitrogens with two attached hydrogens (primary N) is 1. The number of aromatic nitrogens is 2. The van der Waals surface area contributed by atoms with E-state index in [4.69, 9.17) is 26.6 Å². The van der Waals surface area contributed by atoms with Crippen molar-refractivity contribution in [3.05, 3.63) is 29.0 Å². The van der Waals surface area contributed by atoms with Crippen molar-refractivity contribution in [3.8, 4) is 11.5 Å². The summed E-state index contributed by atoms with van der Waals surface area (Å²) in [5.74, 6) is 0.908. The molecule has 1 heterocycles. The summed E-state index contributed by atoms with van der Waals surface area (Å²) >= 11 is 6.11. The van der Waals surface area contributed by atoms with Crippen LogP contribution in [0.15, 0.2) is 22.7 Å². The average Bonchev–Trinajstić information content (AvgIpc) is 2.85. The fourth-order valence-electron chi connectivity index (χ4n) is 1.79. The lowest BCUT2D eigenvalue weighted by molar-refractivity contribution is 0.0854. The van der Waals surface area contributed by atoms with Crippen molar-refractivity contribution in [2.24, 2.45) is 0 Å². The largest absolute Gasteiger partial charge is 0.399 e. The molecule has 0 aliphatic rings. The van der Waals surface area contributed by atoms with E-state index in [0.717, 1.165) is 12.8 Å². The number of nitrogens with zero attached hydrogens (tertiary/aromatic N) is 2. The first kappa shape index (κ1) is 13.8. The summed E-state index contributed by atoms with van der Waals surface area (Å²) < 4.78 is 10.6. The van der Waals surface area contributed by atoms with E-state index in [1.807, 2.05) is 0 Å². The average molecular weight is 282 g/mol. The highest BCUT2D eigenvalue weighted by Gasteiger charge is 2.19. The third-order valence-electron chi connectivity index (χ3n) is 2.79. The summed E-state index contributed by atoms with van der Waals surface area (Å²) in [6.45, 7) is 2.07. The Morgan fingerprint density at radius 1 is 1.47 bits per heavy atom. The van der Waals surface area contributed by atoms with Gasteiger partial charge in [0.05, 0.1) is 10.6 Å². The molecule has 1 unspecified atom stereocenters. The van der Waals surface area contributed by atoms with Gasteiger partial charge in [-0.2, -0.15) is 4.98 Å². The number of nitrogen functional groups attached to an aromatic ring is 1. The first-order valence-electron chi connectivity index (χ1n) is 6.07. The fourth-order valence-corrected chi connectivity index (χ4v) is 2.06. The summed E-state index contributed by atoms with van der Waals surface area (Å²) in [4.78, 5) is 4.33. The van der Waals surface area contributed by atoms with Crippen molar-refractivity contribution in [2.75, 3.05) is 12.8 Å². The molecule has 0 radical (unpaired) electrons. The van der Waals surface area contributed by atoms with Gasteiger partial charge >= 0.3 is 0 Å². The van der Waals surface area contributed by atoms with Crippen LogP contribution in [0.5, 0.6) is 0 Å². The van der Waals surface area contributed by atoms with Crippen LogP contribution in [0.4, 0.5) is 5.69 Å². The van der Waals surface area contributed by atoms with Gasteiger partial charge in [0, 0.05) is 12.8 Å². The number of ether oxygens (including phenoxy) is 1. The molecule has 0 amide bonds. The van der Waals surface area contributed by atoms with Crippen molar-refractivity contribution in [1.29, 1.82) is 0 Å². The second kappa shape index (κ2) is 6.04. The predicted octanol–water partition coefficient (Wildman–Crippen LogP) is 3.46. The minimum absolute atomic E-state index is 0.157. The number of anilines is 1. The van der Waals surface area contributed by atoms with Gasteiger partial charge in [-0.25, -0.2) is 0 Å². The van der Waals surface area contributed by atoms with Crippen molar-refractivity contribution < 1.29 is 9.26 Å². The minimum atomic E-state index is -0.157. The number of rotatable bonds is 5. The summed E-state index contributed by atoms with van der Waals surface area (Å²) in [7, 11) is 1.63. The molecule has 0 spiro atoms. The number of benzene rings is 1. The molecule has 2 rings (SSSR count). The van der Waals surface area contributed by atoms with Crippen molar-refractivity contribution >= 4 is 17.3 Å².